The molecule has 2 rings (SSSR count). The Morgan fingerprint density at radius 2 is 1.95 bits per heavy atom. The first-order valence-electron chi connectivity index (χ1n) is 7.10. The fourth-order valence-corrected chi connectivity index (χ4v) is 3.86. The third kappa shape index (κ3) is 3.44. The van der Waals surface area contributed by atoms with Crippen LogP contribution in [0.4, 0.5) is 0 Å². The van der Waals surface area contributed by atoms with Gasteiger partial charge >= 0.3 is 0 Å². The van der Waals surface area contributed by atoms with E-state index in [1.54, 1.807) is 11.9 Å². The van der Waals surface area contributed by atoms with Gasteiger partial charge in [-0.05, 0) is 6.42 Å². The van der Waals surface area contributed by atoms with Crippen molar-refractivity contribution in [3.63, 3.8) is 0 Å². The van der Waals surface area contributed by atoms with Crippen LogP contribution in [0.5, 0.6) is 0 Å². The van der Waals surface area contributed by atoms with Gasteiger partial charge < -0.3 is 4.90 Å². The molecule has 1 aliphatic heterocycles. The summed E-state index contributed by atoms with van der Waals surface area (Å²) in [6.07, 6.45) is 3.51. The molecule has 0 radical (unpaired) electrons. The van der Waals surface area contributed by atoms with Gasteiger partial charge in [0.1, 0.15) is 4.90 Å². The highest BCUT2D eigenvalue weighted by Gasteiger charge is 2.29. The van der Waals surface area contributed by atoms with Gasteiger partial charge in [0.2, 0.25) is 15.9 Å². The summed E-state index contributed by atoms with van der Waals surface area (Å²) in [4.78, 5) is 14.0. The van der Waals surface area contributed by atoms with Gasteiger partial charge in [0.05, 0.1) is 6.20 Å². The lowest BCUT2D eigenvalue weighted by Crippen LogP contribution is -2.38. The Morgan fingerprint density at radius 1 is 1.24 bits per heavy atom. The van der Waals surface area contributed by atoms with E-state index in [-0.39, 0.29) is 16.7 Å². The number of amides is 1. The molecule has 0 N–H and O–H groups in total. The molecule has 21 heavy (non-hydrogen) atoms. The lowest BCUT2D eigenvalue weighted by atomic mass is 10.2. The Labute approximate surface area is 125 Å². The molecule has 1 aromatic heterocycles. The molecule has 1 saturated heterocycles. The minimum Gasteiger partial charge on any atom is -0.341 e. The van der Waals surface area contributed by atoms with Crippen LogP contribution in [0.1, 0.15) is 20.3 Å². The van der Waals surface area contributed by atoms with Crippen molar-refractivity contribution >= 4 is 15.9 Å². The fourth-order valence-electron chi connectivity index (χ4n) is 2.40. The molecule has 0 spiro atoms. The number of aryl methyl sites for hydroxylation is 1. The summed E-state index contributed by atoms with van der Waals surface area (Å²) in [5.41, 5.74) is 0. The van der Waals surface area contributed by atoms with Gasteiger partial charge in [0.15, 0.2) is 0 Å². The van der Waals surface area contributed by atoms with Gasteiger partial charge in [0, 0.05) is 45.3 Å². The Kier molecular flexibility index (Phi) is 4.67. The zero-order valence-corrected chi connectivity index (χ0v) is 13.5. The molecule has 0 aliphatic carbocycles. The first-order chi connectivity index (χ1) is 9.82. The van der Waals surface area contributed by atoms with Crippen molar-refractivity contribution in [3.8, 4) is 0 Å². The maximum atomic E-state index is 12.5. The summed E-state index contributed by atoms with van der Waals surface area (Å²) in [7, 11) is -1.84. The molecule has 118 valence electrons. The highest BCUT2D eigenvalue weighted by atomic mass is 32.2. The van der Waals surface area contributed by atoms with Gasteiger partial charge in [-0.15, -0.1) is 0 Å². The summed E-state index contributed by atoms with van der Waals surface area (Å²) in [5, 5.41) is 3.91. The molecule has 2 heterocycles. The quantitative estimate of drug-likeness (QED) is 0.804. The van der Waals surface area contributed by atoms with Crippen LogP contribution in [0.25, 0.3) is 0 Å². The standard InChI is InChI=1S/C13H22N4O3S/c1-11(2)13(18)16-5-4-6-17(8-7-16)21(19,20)12-9-14-15(3)10-12/h9-11H,4-8H2,1-3H3. The lowest BCUT2D eigenvalue weighted by molar-refractivity contribution is -0.134. The SMILES string of the molecule is CC(C)C(=O)N1CCCN(S(=O)(=O)c2cnn(C)c2)CC1. The van der Waals surface area contributed by atoms with Crippen molar-refractivity contribution in [3.05, 3.63) is 12.4 Å². The molecule has 8 heteroatoms. The van der Waals surface area contributed by atoms with Crippen LogP contribution >= 0.6 is 0 Å². The molecule has 7 nitrogen and oxygen atoms in total. The Bertz CT molecular complexity index is 609. The Balaban J connectivity index is 2.11. The van der Waals surface area contributed by atoms with Crippen molar-refractivity contribution in [2.45, 2.75) is 25.2 Å². The summed E-state index contributed by atoms with van der Waals surface area (Å²) in [6, 6.07) is 0. The van der Waals surface area contributed by atoms with Crippen molar-refractivity contribution < 1.29 is 13.2 Å². The molecule has 0 aromatic carbocycles. The number of hydrogen-bond acceptors (Lipinski definition) is 4. The maximum Gasteiger partial charge on any atom is 0.246 e. The molecular weight excluding hydrogens is 292 g/mol. The monoisotopic (exact) mass is 314 g/mol. The second-order valence-corrected chi connectivity index (χ2v) is 7.53. The smallest absolute Gasteiger partial charge is 0.246 e. The Hall–Kier alpha value is -1.41. The van der Waals surface area contributed by atoms with Crippen molar-refractivity contribution in [1.29, 1.82) is 0 Å². The number of nitrogens with zero attached hydrogens (tertiary/aromatic N) is 4. The van der Waals surface area contributed by atoms with Crippen LogP contribution < -0.4 is 0 Å². The van der Waals surface area contributed by atoms with Gasteiger partial charge in [-0.2, -0.15) is 9.40 Å². The number of hydrogen-bond donors (Lipinski definition) is 0. The minimum atomic E-state index is -3.52. The van der Waals surface area contributed by atoms with E-state index in [0.29, 0.717) is 32.6 Å². The number of carbonyl (C=O) groups is 1. The van der Waals surface area contributed by atoms with E-state index in [2.05, 4.69) is 5.10 Å². The molecular formula is C13H22N4O3S. The highest BCUT2D eigenvalue weighted by Crippen LogP contribution is 2.17. The Morgan fingerprint density at radius 3 is 2.52 bits per heavy atom. The molecule has 1 aromatic rings. The fraction of sp³-hybridized carbons (Fsp3) is 0.692. The molecule has 1 aliphatic rings. The number of carbonyl (C=O) groups excluding carboxylic acids is 1. The molecule has 0 atom stereocenters. The minimum absolute atomic E-state index is 0.0634. The third-order valence-corrected chi connectivity index (χ3v) is 5.43. The van der Waals surface area contributed by atoms with Gasteiger partial charge in [-0.1, -0.05) is 13.8 Å². The molecule has 1 amide bonds. The van der Waals surface area contributed by atoms with Gasteiger partial charge in [0.25, 0.3) is 0 Å². The normalized spacial score (nSPS) is 18.0. The van der Waals surface area contributed by atoms with Crippen LogP contribution in [-0.2, 0) is 21.9 Å². The maximum absolute atomic E-state index is 12.5. The molecule has 0 saturated carbocycles. The van der Waals surface area contributed by atoms with Gasteiger partial charge in [-0.3, -0.25) is 9.48 Å². The van der Waals surface area contributed by atoms with Crippen LogP contribution in [0, 0.1) is 5.92 Å². The number of sulfonamides is 1. The van der Waals surface area contributed by atoms with E-state index in [0.717, 1.165) is 0 Å². The van der Waals surface area contributed by atoms with Crippen molar-refractivity contribution in [2.24, 2.45) is 13.0 Å². The number of rotatable bonds is 3. The topological polar surface area (TPSA) is 75.5 Å². The predicted octanol–water partition coefficient (Wildman–Crippen LogP) is 0.299. The average Bonchev–Trinajstić information content (AvgIpc) is 2.72. The van der Waals surface area contributed by atoms with E-state index in [1.807, 2.05) is 13.8 Å². The first kappa shape index (κ1) is 16.0. The average molecular weight is 314 g/mol. The summed E-state index contributed by atoms with van der Waals surface area (Å²) in [6.45, 7) is 5.52. The zero-order chi connectivity index (χ0) is 15.6. The predicted molar refractivity (Wildman–Crippen MR) is 78.0 cm³/mol. The lowest BCUT2D eigenvalue weighted by Gasteiger charge is -2.23. The number of aromatic nitrogens is 2. The summed E-state index contributed by atoms with van der Waals surface area (Å²) < 4.78 is 28.0. The van der Waals surface area contributed by atoms with Crippen LogP contribution in [0.15, 0.2) is 17.3 Å². The molecule has 0 unspecified atom stereocenters. The third-order valence-electron chi connectivity index (χ3n) is 3.58. The van der Waals surface area contributed by atoms with Crippen LogP contribution in [0.3, 0.4) is 0 Å². The van der Waals surface area contributed by atoms with E-state index in [1.165, 1.54) is 21.4 Å². The van der Waals surface area contributed by atoms with Gasteiger partial charge in [-0.25, -0.2) is 8.42 Å². The van der Waals surface area contributed by atoms with Crippen LogP contribution in [0.2, 0.25) is 0 Å². The largest absolute Gasteiger partial charge is 0.341 e. The molecule has 0 bridgehead atoms. The highest BCUT2D eigenvalue weighted by molar-refractivity contribution is 7.89. The summed E-state index contributed by atoms with van der Waals surface area (Å²) in [5.74, 6) is 0.0158. The van der Waals surface area contributed by atoms with E-state index >= 15 is 0 Å². The summed E-state index contributed by atoms with van der Waals surface area (Å²) >= 11 is 0. The van der Waals surface area contributed by atoms with E-state index < -0.39 is 10.0 Å². The first-order valence-corrected chi connectivity index (χ1v) is 8.54. The zero-order valence-electron chi connectivity index (χ0n) is 12.7. The van der Waals surface area contributed by atoms with Crippen LogP contribution in [-0.4, -0.2) is 59.5 Å². The second-order valence-electron chi connectivity index (χ2n) is 5.59. The van der Waals surface area contributed by atoms with E-state index in [9.17, 15) is 13.2 Å². The second kappa shape index (κ2) is 6.15. The molecule has 1 fully saturated rings. The van der Waals surface area contributed by atoms with Crippen molar-refractivity contribution in [2.75, 3.05) is 26.2 Å². The van der Waals surface area contributed by atoms with E-state index in [4.69, 9.17) is 0 Å². The van der Waals surface area contributed by atoms with Crippen molar-refractivity contribution in [1.82, 2.24) is 19.0 Å².